The maximum atomic E-state index is 12.3. The summed E-state index contributed by atoms with van der Waals surface area (Å²) in [7, 11) is 0. The Balaban J connectivity index is 1.90. The van der Waals surface area contributed by atoms with E-state index in [-0.39, 0.29) is 30.4 Å². The van der Waals surface area contributed by atoms with Crippen molar-refractivity contribution >= 4 is 34.1 Å². The average molecular weight is 403 g/mol. The molecule has 0 atom stereocenters. The first kappa shape index (κ1) is 21.8. The minimum atomic E-state index is -0.436. The fraction of sp³-hybridized carbons (Fsp3) is 0.429. The molecule has 1 heterocycles. The molecule has 1 aromatic heterocycles. The van der Waals surface area contributed by atoms with Crippen LogP contribution in [0, 0.1) is 26.7 Å². The molecule has 0 aliphatic heterocycles. The van der Waals surface area contributed by atoms with Gasteiger partial charge in [-0.2, -0.15) is 0 Å². The van der Waals surface area contributed by atoms with E-state index in [1.807, 2.05) is 39.8 Å². The number of ketones is 1. The first-order chi connectivity index (χ1) is 13.2. The predicted molar refractivity (Wildman–Crippen MR) is 110 cm³/mol. The van der Waals surface area contributed by atoms with E-state index in [0.717, 1.165) is 22.5 Å². The molecule has 28 heavy (non-hydrogen) atoms. The number of Topliss-reactive ketones (excluding diaryl/α,β-unsaturated/α-hetero) is 1. The molecule has 1 aromatic carbocycles. The van der Waals surface area contributed by atoms with Gasteiger partial charge in [0.05, 0.1) is 12.3 Å². The third-order valence-electron chi connectivity index (χ3n) is 4.18. The number of ether oxygens (including phenoxy) is 1. The molecule has 1 N–H and O–H groups in total. The molecule has 2 rings (SSSR count). The number of thiazole rings is 1. The van der Waals surface area contributed by atoms with E-state index in [2.05, 4.69) is 10.3 Å². The van der Waals surface area contributed by atoms with Crippen molar-refractivity contribution in [1.29, 1.82) is 0 Å². The van der Waals surface area contributed by atoms with Crippen LogP contribution in [0.5, 0.6) is 0 Å². The Hall–Kier alpha value is -2.54. The number of aryl methyl sites for hydroxylation is 3. The van der Waals surface area contributed by atoms with Crippen molar-refractivity contribution in [2.24, 2.45) is 5.92 Å². The quantitative estimate of drug-likeness (QED) is 0.520. The van der Waals surface area contributed by atoms with Crippen LogP contribution < -0.4 is 5.32 Å². The van der Waals surface area contributed by atoms with E-state index >= 15 is 0 Å². The van der Waals surface area contributed by atoms with Crippen LogP contribution in [0.2, 0.25) is 0 Å². The molecule has 0 aliphatic rings. The monoisotopic (exact) mass is 402 g/mol. The minimum Gasteiger partial charge on any atom is -0.461 e. The Morgan fingerprint density at radius 2 is 1.82 bits per heavy atom. The zero-order valence-corrected chi connectivity index (χ0v) is 17.7. The van der Waals surface area contributed by atoms with Gasteiger partial charge in [-0.1, -0.05) is 37.3 Å². The normalized spacial score (nSPS) is 10.8. The molecule has 0 saturated carbocycles. The second kappa shape index (κ2) is 9.59. The third-order valence-corrected chi connectivity index (χ3v) is 5.24. The van der Waals surface area contributed by atoms with Crippen LogP contribution in [0.4, 0.5) is 5.13 Å². The number of nitrogens with zero attached hydrogens (tertiary/aromatic N) is 1. The van der Waals surface area contributed by atoms with Crippen LogP contribution >= 0.6 is 11.3 Å². The number of amides is 1. The summed E-state index contributed by atoms with van der Waals surface area (Å²) >= 11 is 1.08. The summed E-state index contributed by atoms with van der Waals surface area (Å²) in [5, 5.41) is 2.99. The molecular weight excluding hydrogens is 376 g/mol. The first-order valence-corrected chi connectivity index (χ1v) is 10.0. The van der Waals surface area contributed by atoms with Crippen LogP contribution in [0.1, 0.15) is 63.5 Å². The van der Waals surface area contributed by atoms with Crippen LogP contribution in [-0.2, 0) is 9.53 Å². The summed E-state index contributed by atoms with van der Waals surface area (Å²) in [5.41, 5.74) is 3.29. The maximum absolute atomic E-state index is 12.3. The first-order valence-electron chi connectivity index (χ1n) is 9.22. The highest BCUT2D eigenvalue weighted by molar-refractivity contribution is 7.17. The van der Waals surface area contributed by atoms with E-state index in [1.54, 1.807) is 13.0 Å². The molecule has 1 amide bonds. The van der Waals surface area contributed by atoms with Gasteiger partial charge in [0, 0.05) is 18.4 Å². The molecule has 6 nitrogen and oxygen atoms in total. The van der Waals surface area contributed by atoms with E-state index in [4.69, 9.17) is 4.74 Å². The molecule has 0 aliphatic carbocycles. The van der Waals surface area contributed by atoms with Crippen LogP contribution in [0.15, 0.2) is 18.2 Å². The molecule has 0 bridgehead atoms. The number of rotatable bonds is 8. The summed E-state index contributed by atoms with van der Waals surface area (Å²) in [6.45, 7) is 9.88. The lowest BCUT2D eigenvalue weighted by atomic mass is 10.0. The van der Waals surface area contributed by atoms with Crippen LogP contribution in [-0.4, -0.2) is 29.3 Å². The minimum absolute atomic E-state index is 0.0531. The highest BCUT2D eigenvalue weighted by Gasteiger charge is 2.18. The van der Waals surface area contributed by atoms with Gasteiger partial charge in [-0.05, 0) is 43.9 Å². The predicted octanol–water partition coefficient (Wildman–Crippen LogP) is 4.48. The van der Waals surface area contributed by atoms with Gasteiger partial charge in [-0.3, -0.25) is 9.59 Å². The number of hydrogen-bond donors (Lipinski definition) is 1. The lowest BCUT2D eigenvalue weighted by Gasteiger charge is -2.05. The number of anilines is 1. The van der Waals surface area contributed by atoms with Crippen molar-refractivity contribution in [2.45, 2.75) is 47.5 Å². The van der Waals surface area contributed by atoms with E-state index in [9.17, 15) is 14.4 Å². The molecule has 2 aromatic rings. The highest BCUT2D eigenvalue weighted by atomic mass is 32.1. The van der Waals surface area contributed by atoms with Gasteiger partial charge in [-0.15, -0.1) is 0 Å². The Kier molecular flexibility index (Phi) is 7.45. The number of benzene rings is 1. The summed E-state index contributed by atoms with van der Waals surface area (Å²) in [4.78, 5) is 41.1. The Labute approximate surface area is 169 Å². The zero-order valence-electron chi connectivity index (χ0n) is 16.9. The Morgan fingerprint density at radius 3 is 2.46 bits per heavy atom. The van der Waals surface area contributed by atoms with Crippen molar-refractivity contribution in [3.05, 3.63) is 45.5 Å². The van der Waals surface area contributed by atoms with E-state index in [1.165, 1.54) is 0 Å². The molecule has 0 spiro atoms. The SMILES string of the molecule is Cc1ccc(C(=O)CCC(=O)Nc2nc(C)c(C(=O)OCC(C)C)s2)cc1C. The summed E-state index contributed by atoms with van der Waals surface area (Å²) in [5.74, 6) is -0.583. The second-order valence-electron chi connectivity index (χ2n) is 7.20. The van der Waals surface area contributed by atoms with Gasteiger partial charge in [0.2, 0.25) is 5.91 Å². The van der Waals surface area contributed by atoms with Gasteiger partial charge in [-0.25, -0.2) is 9.78 Å². The third kappa shape index (κ3) is 5.99. The highest BCUT2D eigenvalue weighted by Crippen LogP contribution is 2.24. The number of aromatic nitrogens is 1. The number of nitrogens with one attached hydrogen (secondary N) is 1. The second-order valence-corrected chi connectivity index (χ2v) is 8.20. The average Bonchev–Trinajstić information content (AvgIpc) is 3.00. The molecule has 0 radical (unpaired) electrons. The standard InChI is InChI=1S/C21H26N2O4S/c1-12(2)11-27-20(26)19-15(5)22-21(28-19)23-18(25)9-8-17(24)16-7-6-13(3)14(4)10-16/h6-7,10,12H,8-9,11H2,1-5H3,(H,22,23,25). The number of carbonyl (C=O) groups excluding carboxylic acids is 3. The van der Waals surface area contributed by atoms with E-state index < -0.39 is 5.97 Å². The fourth-order valence-electron chi connectivity index (χ4n) is 2.42. The lowest BCUT2D eigenvalue weighted by molar-refractivity contribution is -0.116. The van der Waals surface area contributed by atoms with Crippen molar-refractivity contribution in [2.75, 3.05) is 11.9 Å². The van der Waals surface area contributed by atoms with Gasteiger partial charge in [0.15, 0.2) is 10.9 Å². The molecule has 150 valence electrons. The summed E-state index contributed by atoms with van der Waals surface area (Å²) in [6.07, 6.45) is 0.166. The topological polar surface area (TPSA) is 85.4 Å². The van der Waals surface area contributed by atoms with Crippen molar-refractivity contribution in [1.82, 2.24) is 4.98 Å². The van der Waals surface area contributed by atoms with Crippen molar-refractivity contribution in [3.63, 3.8) is 0 Å². The van der Waals surface area contributed by atoms with Gasteiger partial charge >= 0.3 is 5.97 Å². The van der Waals surface area contributed by atoms with Gasteiger partial charge in [0.25, 0.3) is 0 Å². The molecular formula is C21H26N2O4S. The maximum Gasteiger partial charge on any atom is 0.350 e. The molecule has 0 fully saturated rings. The zero-order chi connectivity index (χ0) is 20.8. The van der Waals surface area contributed by atoms with Crippen molar-refractivity contribution in [3.8, 4) is 0 Å². The lowest BCUT2D eigenvalue weighted by Crippen LogP contribution is -2.13. The van der Waals surface area contributed by atoms with Crippen LogP contribution in [0.25, 0.3) is 0 Å². The molecule has 0 unspecified atom stereocenters. The molecule has 0 saturated heterocycles. The number of carbonyl (C=O) groups is 3. The number of hydrogen-bond acceptors (Lipinski definition) is 6. The smallest absolute Gasteiger partial charge is 0.350 e. The summed E-state index contributed by atoms with van der Waals surface area (Å²) < 4.78 is 5.21. The molecule has 7 heteroatoms. The van der Waals surface area contributed by atoms with E-state index in [0.29, 0.717) is 27.9 Å². The Morgan fingerprint density at radius 1 is 1.11 bits per heavy atom. The van der Waals surface area contributed by atoms with Gasteiger partial charge in [0.1, 0.15) is 4.88 Å². The largest absolute Gasteiger partial charge is 0.461 e. The Bertz CT molecular complexity index is 887. The fourth-order valence-corrected chi connectivity index (χ4v) is 3.29. The number of esters is 1. The van der Waals surface area contributed by atoms with Gasteiger partial charge < -0.3 is 10.1 Å². The summed E-state index contributed by atoms with van der Waals surface area (Å²) in [6, 6.07) is 5.53. The van der Waals surface area contributed by atoms with Crippen LogP contribution in [0.3, 0.4) is 0 Å². The van der Waals surface area contributed by atoms with Crippen molar-refractivity contribution < 1.29 is 19.1 Å².